The molecule has 0 aromatic heterocycles. The van der Waals surface area contributed by atoms with Crippen LogP contribution in [0.4, 0.5) is 0 Å². The predicted octanol–water partition coefficient (Wildman–Crippen LogP) is 6.74. The molecule has 1 saturated heterocycles. The molecule has 0 aromatic carbocycles. The molecule has 1 amide bonds. The van der Waals surface area contributed by atoms with Crippen molar-refractivity contribution in [2.75, 3.05) is 39.3 Å². The molecule has 5 rings (SSSR count). The zero-order valence-electron chi connectivity index (χ0n) is 28.2. The van der Waals surface area contributed by atoms with E-state index < -0.39 is 0 Å². The Morgan fingerprint density at radius 3 is 2.40 bits per heavy atom. The lowest BCUT2D eigenvalue weighted by atomic mass is 9.47. The Labute approximate surface area is 262 Å². The molecular formula is C37H63N3O3. The van der Waals surface area contributed by atoms with Gasteiger partial charge in [-0.15, -0.1) is 0 Å². The SMILES string of the molecule is CC(C)CCC[C@@H](C)[C@H]1CC[C@H]2[C@@H]3CC=C4C[C@@H](OC(=O)CCC(=O)N5CCNCCNCC5)CC[C@]4(C)C3CC[C@]12C. The van der Waals surface area contributed by atoms with Gasteiger partial charge in [0.25, 0.3) is 0 Å². The second-order valence-corrected chi connectivity index (χ2v) is 16.0. The van der Waals surface area contributed by atoms with Crippen LogP contribution in [0.2, 0.25) is 0 Å². The molecule has 1 heterocycles. The van der Waals surface area contributed by atoms with E-state index in [0.717, 1.165) is 80.9 Å². The van der Waals surface area contributed by atoms with E-state index in [9.17, 15) is 9.59 Å². The van der Waals surface area contributed by atoms with Crippen LogP contribution in [-0.4, -0.2) is 62.1 Å². The highest BCUT2D eigenvalue weighted by atomic mass is 16.5. The van der Waals surface area contributed by atoms with E-state index in [1.54, 1.807) is 5.57 Å². The van der Waals surface area contributed by atoms with Gasteiger partial charge < -0.3 is 20.3 Å². The van der Waals surface area contributed by atoms with Crippen molar-refractivity contribution >= 4 is 11.9 Å². The van der Waals surface area contributed by atoms with Crippen molar-refractivity contribution in [1.82, 2.24) is 15.5 Å². The first-order valence-corrected chi connectivity index (χ1v) is 18.2. The molecule has 244 valence electrons. The van der Waals surface area contributed by atoms with Gasteiger partial charge in [-0.05, 0) is 91.3 Å². The second-order valence-electron chi connectivity index (χ2n) is 16.0. The quantitative estimate of drug-likeness (QED) is 0.228. The minimum absolute atomic E-state index is 0.0338. The Kier molecular flexibility index (Phi) is 11.0. The van der Waals surface area contributed by atoms with Gasteiger partial charge in [0.05, 0.1) is 6.42 Å². The first-order chi connectivity index (χ1) is 20.6. The lowest BCUT2D eigenvalue weighted by Crippen LogP contribution is -2.51. The van der Waals surface area contributed by atoms with Crippen molar-refractivity contribution in [2.24, 2.45) is 46.3 Å². The molecule has 3 saturated carbocycles. The summed E-state index contributed by atoms with van der Waals surface area (Å²) in [5.41, 5.74) is 2.34. The first kappa shape index (κ1) is 33.0. The fraction of sp³-hybridized carbons (Fsp3) is 0.892. The van der Waals surface area contributed by atoms with Crippen LogP contribution in [0.3, 0.4) is 0 Å². The maximum Gasteiger partial charge on any atom is 0.306 e. The number of esters is 1. The Morgan fingerprint density at radius 1 is 0.930 bits per heavy atom. The summed E-state index contributed by atoms with van der Waals surface area (Å²) in [6.07, 6.45) is 17.0. The highest BCUT2D eigenvalue weighted by molar-refractivity contribution is 5.81. The van der Waals surface area contributed by atoms with Crippen LogP contribution in [0.25, 0.3) is 0 Å². The number of fused-ring (bicyclic) bond motifs is 5. The Hall–Kier alpha value is -1.40. The van der Waals surface area contributed by atoms with Crippen molar-refractivity contribution in [3.8, 4) is 0 Å². The van der Waals surface area contributed by atoms with Crippen molar-refractivity contribution < 1.29 is 14.3 Å². The third kappa shape index (κ3) is 7.37. The molecule has 6 nitrogen and oxygen atoms in total. The van der Waals surface area contributed by atoms with Gasteiger partial charge >= 0.3 is 5.97 Å². The summed E-state index contributed by atoms with van der Waals surface area (Å²) < 4.78 is 6.02. The lowest BCUT2D eigenvalue weighted by Gasteiger charge is -2.58. The third-order valence-electron chi connectivity index (χ3n) is 13.0. The van der Waals surface area contributed by atoms with Crippen LogP contribution < -0.4 is 10.6 Å². The third-order valence-corrected chi connectivity index (χ3v) is 13.0. The van der Waals surface area contributed by atoms with Gasteiger partial charge in [0.2, 0.25) is 5.91 Å². The Bertz CT molecular complexity index is 986. The van der Waals surface area contributed by atoms with Crippen LogP contribution in [0, 0.1) is 46.3 Å². The van der Waals surface area contributed by atoms with E-state index in [1.165, 1.54) is 51.4 Å². The number of carbonyl (C=O) groups excluding carboxylic acids is 2. The molecule has 43 heavy (non-hydrogen) atoms. The van der Waals surface area contributed by atoms with E-state index in [0.29, 0.717) is 18.5 Å². The first-order valence-electron chi connectivity index (χ1n) is 18.2. The van der Waals surface area contributed by atoms with Crippen LogP contribution in [0.1, 0.15) is 118 Å². The number of ether oxygens (including phenoxy) is 1. The van der Waals surface area contributed by atoms with Crippen molar-refractivity contribution in [1.29, 1.82) is 0 Å². The summed E-state index contributed by atoms with van der Waals surface area (Å²) in [5.74, 6) is 4.89. The van der Waals surface area contributed by atoms with E-state index >= 15 is 0 Å². The van der Waals surface area contributed by atoms with Gasteiger partial charge in [0, 0.05) is 52.1 Å². The number of allylic oxidation sites excluding steroid dienone is 1. The summed E-state index contributed by atoms with van der Waals surface area (Å²) in [7, 11) is 0. The molecule has 1 unspecified atom stereocenters. The Balaban J connectivity index is 1.13. The Morgan fingerprint density at radius 2 is 1.67 bits per heavy atom. The van der Waals surface area contributed by atoms with Gasteiger partial charge in [0.1, 0.15) is 6.10 Å². The predicted molar refractivity (Wildman–Crippen MR) is 174 cm³/mol. The molecule has 0 radical (unpaired) electrons. The number of nitrogens with zero attached hydrogens (tertiary/aromatic N) is 1. The summed E-state index contributed by atoms with van der Waals surface area (Å²) in [4.78, 5) is 27.5. The highest BCUT2D eigenvalue weighted by Crippen LogP contribution is 2.67. The molecule has 0 bridgehead atoms. The van der Waals surface area contributed by atoms with Gasteiger partial charge in [-0.3, -0.25) is 9.59 Å². The molecule has 0 aromatic rings. The average Bonchev–Trinajstić information content (AvgIpc) is 3.39. The topological polar surface area (TPSA) is 70.7 Å². The molecule has 6 heteroatoms. The van der Waals surface area contributed by atoms with E-state index in [2.05, 4.69) is 51.3 Å². The molecule has 0 spiro atoms. The molecule has 4 fully saturated rings. The largest absolute Gasteiger partial charge is 0.462 e. The summed E-state index contributed by atoms with van der Waals surface area (Å²) in [6, 6.07) is 0. The summed E-state index contributed by atoms with van der Waals surface area (Å²) in [6.45, 7) is 17.4. The molecule has 8 atom stereocenters. The van der Waals surface area contributed by atoms with E-state index in [1.807, 2.05) is 4.90 Å². The highest BCUT2D eigenvalue weighted by Gasteiger charge is 2.59. The van der Waals surface area contributed by atoms with Gasteiger partial charge in [0.15, 0.2) is 0 Å². The van der Waals surface area contributed by atoms with Crippen molar-refractivity contribution in [3.63, 3.8) is 0 Å². The minimum atomic E-state index is -0.204. The zero-order valence-corrected chi connectivity index (χ0v) is 28.2. The number of carbonyl (C=O) groups is 2. The van der Waals surface area contributed by atoms with Gasteiger partial charge in [-0.25, -0.2) is 0 Å². The maximum atomic E-state index is 12.9. The monoisotopic (exact) mass is 597 g/mol. The van der Waals surface area contributed by atoms with Crippen LogP contribution in [-0.2, 0) is 14.3 Å². The molecule has 4 aliphatic carbocycles. The summed E-state index contributed by atoms with van der Waals surface area (Å²) in [5, 5.41) is 6.70. The van der Waals surface area contributed by atoms with Crippen LogP contribution in [0.15, 0.2) is 11.6 Å². The number of hydrogen-bond acceptors (Lipinski definition) is 5. The minimum Gasteiger partial charge on any atom is -0.462 e. The number of amides is 1. The lowest BCUT2D eigenvalue weighted by molar-refractivity contribution is -0.153. The van der Waals surface area contributed by atoms with Gasteiger partial charge in [-0.1, -0.05) is 65.5 Å². The fourth-order valence-corrected chi connectivity index (χ4v) is 10.6. The maximum absolute atomic E-state index is 12.9. The molecule has 1 aliphatic heterocycles. The number of rotatable bonds is 9. The van der Waals surface area contributed by atoms with Gasteiger partial charge in [-0.2, -0.15) is 0 Å². The van der Waals surface area contributed by atoms with Crippen LogP contribution in [0.5, 0.6) is 0 Å². The fourth-order valence-electron chi connectivity index (χ4n) is 10.6. The smallest absolute Gasteiger partial charge is 0.306 e. The van der Waals surface area contributed by atoms with Crippen molar-refractivity contribution in [2.45, 2.75) is 124 Å². The van der Waals surface area contributed by atoms with Crippen LogP contribution >= 0.6 is 0 Å². The van der Waals surface area contributed by atoms with E-state index in [-0.39, 0.29) is 36.2 Å². The number of hydrogen-bond donors (Lipinski definition) is 2. The van der Waals surface area contributed by atoms with Crippen molar-refractivity contribution in [3.05, 3.63) is 11.6 Å². The van der Waals surface area contributed by atoms with E-state index in [4.69, 9.17) is 4.74 Å². The second kappa shape index (κ2) is 14.4. The number of nitrogens with one attached hydrogen (secondary N) is 2. The standard InChI is InChI=1S/C37H63N3O3/c1-26(2)7-6-8-27(3)31-11-12-32-30-10-9-28-25-29(15-17-36(28,4)33(30)16-18-37(31,32)5)43-35(42)14-13-34(41)40-23-21-38-19-20-39-22-24-40/h9,26-27,29-33,38-39H,6-8,10-25H2,1-5H3/t27-,29+,30+,31-,32+,33?,36+,37-/m1/s1. The molecule has 5 aliphatic rings. The molecular weight excluding hydrogens is 534 g/mol. The summed E-state index contributed by atoms with van der Waals surface area (Å²) >= 11 is 0. The molecule has 2 N–H and O–H groups in total. The zero-order chi connectivity index (χ0) is 30.6. The normalized spacial score (nSPS) is 37.2. The average molecular weight is 598 g/mol.